The summed E-state index contributed by atoms with van der Waals surface area (Å²) in [6.07, 6.45) is 5.49. The molecule has 0 spiro atoms. The summed E-state index contributed by atoms with van der Waals surface area (Å²) in [7, 11) is -3.18. The van der Waals surface area contributed by atoms with Crippen molar-refractivity contribution in [2.75, 3.05) is 6.26 Å². The molecule has 1 saturated carbocycles. The minimum atomic E-state index is -3.18. The second kappa shape index (κ2) is 4.09. The molecule has 0 aromatic rings. The Hall–Kier alpha value is -0.580. The van der Waals surface area contributed by atoms with Gasteiger partial charge < -0.3 is 0 Å². The molecule has 0 heterocycles. The number of hydrogen-bond donors (Lipinski definition) is 1. The van der Waals surface area contributed by atoms with E-state index in [2.05, 4.69) is 16.9 Å². The third-order valence-corrected chi connectivity index (χ3v) is 2.67. The van der Waals surface area contributed by atoms with Gasteiger partial charge >= 0.3 is 0 Å². The van der Waals surface area contributed by atoms with Crippen molar-refractivity contribution in [3.05, 3.63) is 0 Å². The van der Waals surface area contributed by atoms with E-state index in [1.165, 1.54) is 6.42 Å². The van der Waals surface area contributed by atoms with Gasteiger partial charge in [0.25, 0.3) is 0 Å². The Morgan fingerprint density at radius 3 is 2.69 bits per heavy atom. The van der Waals surface area contributed by atoms with Crippen LogP contribution in [0.3, 0.4) is 0 Å². The lowest BCUT2D eigenvalue weighted by atomic mass is 9.89. The molecule has 76 valence electrons. The smallest absolute Gasteiger partial charge is 0.206 e. The van der Waals surface area contributed by atoms with Crippen LogP contribution in [0.2, 0.25) is 0 Å². The number of rotatable bonds is 2. The molecule has 1 unspecified atom stereocenters. The lowest BCUT2D eigenvalue weighted by Crippen LogP contribution is -2.23. The van der Waals surface area contributed by atoms with Gasteiger partial charge in [-0.2, -0.15) is 5.10 Å². The Bertz CT molecular complexity index is 295. The number of nitrogens with zero attached hydrogens (tertiary/aromatic N) is 1. The molecule has 13 heavy (non-hydrogen) atoms. The molecule has 5 heteroatoms. The van der Waals surface area contributed by atoms with Crippen molar-refractivity contribution in [1.82, 2.24) is 4.83 Å². The lowest BCUT2D eigenvalue weighted by Gasteiger charge is -2.19. The Labute approximate surface area is 79.5 Å². The summed E-state index contributed by atoms with van der Waals surface area (Å²) in [5.74, 6) is 0.419. The van der Waals surface area contributed by atoms with E-state index in [4.69, 9.17) is 0 Å². The highest BCUT2D eigenvalue weighted by atomic mass is 32.2. The molecule has 1 N–H and O–H groups in total. The zero-order valence-electron chi connectivity index (χ0n) is 8.08. The molecule has 0 amide bonds. The Kier molecular flexibility index (Phi) is 3.30. The van der Waals surface area contributed by atoms with Crippen molar-refractivity contribution >= 4 is 15.7 Å². The predicted molar refractivity (Wildman–Crippen MR) is 53.0 cm³/mol. The first-order valence-electron chi connectivity index (χ1n) is 4.52. The summed E-state index contributed by atoms with van der Waals surface area (Å²) >= 11 is 0. The minimum absolute atomic E-state index is 0.419. The van der Waals surface area contributed by atoms with Crippen LogP contribution in [0.5, 0.6) is 0 Å². The van der Waals surface area contributed by atoms with E-state index >= 15 is 0 Å². The van der Waals surface area contributed by atoms with E-state index in [1.807, 2.05) is 0 Å². The van der Waals surface area contributed by atoms with E-state index < -0.39 is 10.0 Å². The highest BCUT2D eigenvalue weighted by molar-refractivity contribution is 7.88. The van der Waals surface area contributed by atoms with Crippen LogP contribution in [0.4, 0.5) is 0 Å². The van der Waals surface area contributed by atoms with Crippen LogP contribution in [-0.4, -0.2) is 20.4 Å². The molecule has 1 atom stereocenters. The SMILES string of the molecule is CC1CCCCC1=NNS(C)(=O)=O. The largest absolute Gasteiger partial charge is 0.244 e. The van der Waals surface area contributed by atoms with Crippen molar-refractivity contribution < 1.29 is 8.42 Å². The first-order chi connectivity index (χ1) is 5.99. The maximum absolute atomic E-state index is 10.8. The zero-order chi connectivity index (χ0) is 9.90. The van der Waals surface area contributed by atoms with Crippen molar-refractivity contribution in [2.24, 2.45) is 11.0 Å². The predicted octanol–water partition coefficient (Wildman–Crippen LogP) is 1.10. The van der Waals surface area contributed by atoms with Crippen molar-refractivity contribution in [3.8, 4) is 0 Å². The average molecular weight is 204 g/mol. The van der Waals surface area contributed by atoms with Crippen molar-refractivity contribution in [3.63, 3.8) is 0 Å². The summed E-state index contributed by atoms with van der Waals surface area (Å²) in [5, 5.41) is 3.91. The van der Waals surface area contributed by atoms with Crippen LogP contribution in [-0.2, 0) is 10.0 Å². The van der Waals surface area contributed by atoms with E-state index in [1.54, 1.807) is 0 Å². The molecule has 0 aromatic heterocycles. The van der Waals surface area contributed by atoms with Gasteiger partial charge in [0.15, 0.2) is 0 Å². The molecule has 0 bridgehead atoms. The maximum Gasteiger partial charge on any atom is 0.244 e. The molecule has 1 rings (SSSR count). The van der Waals surface area contributed by atoms with Crippen LogP contribution >= 0.6 is 0 Å². The van der Waals surface area contributed by atoms with E-state index in [0.29, 0.717) is 5.92 Å². The molecule has 0 radical (unpaired) electrons. The fraction of sp³-hybridized carbons (Fsp3) is 0.875. The van der Waals surface area contributed by atoms with Crippen LogP contribution in [0.1, 0.15) is 32.6 Å². The van der Waals surface area contributed by atoms with Crippen LogP contribution in [0.15, 0.2) is 5.10 Å². The molecule has 0 aliphatic heterocycles. The molecule has 4 nitrogen and oxygen atoms in total. The van der Waals surface area contributed by atoms with Crippen LogP contribution < -0.4 is 4.83 Å². The van der Waals surface area contributed by atoms with Gasteiger partial charge in [0, 0.05) is 5.71 Å². The van der Waals surface area contributed by atoms with Gasteiger partial charge in [-0.15, -0.1) is 0 Å². The van der Waals surface area contributed by atoms with Gasteiger partial charge in [-0.25, -0.2) is 13.2 Å². The Morgan fingerprint density at radius 1 is 1.46 bits per heavy atom. The van der Waals surface area contributed by atoms with Gasteiger partial charge in [0.2, 0.25) is 10.0 Å². The second-order valence-electron chi connectivity index (χ2n) is 3.61. The first kappa shape index (κ1) is 10.5. The number of sulfonamides is 1. The average Bonchev–Trinajstić information content (AvgIpc) is 2.01. The van der Waals surface area contributed by atoms with Gasteiger partial charge in [0.05, 0.1) is 6.26 Å². The van der Waals surface area contributed by atoms with E-state index in [9.17, 15) is 8.42 Å². The first-order valence-corrected chi connectivity index (χ1v) is 6.41. The Balaban J connectivity index is 2.59. The molecular formula is C8H16N2O2S. The van der Waals surface area contributed by atoms with Crippen molar-refractivity contribution in [1.29, 1.82) is 0 Å². The molecular weight excluding hydrogens is 188 g/mol. The van der Waals surface area contributed by atoms with Gasteiger partial charge in [-0.1, -0.05) is 13.3 Å². The molecule has 1 aliphatic rings. The summed E-state index contributed by atoms with van der Waals surface area (Å²) in [6, 6.07) is 0. The fourth-order valence-corrected chi connectivity index (χ4v) is 1.76. The lowest BCUT2D eigenvalue weighted by molar-refractivity contribution is 0.553. The maximum atomic E-state index is 10.8. The second-order valence-corrected chi connectivity index (χ2v) is 5.34. The summed E-state index contributed by atoms with van der Waals surface area (Å²) < 4.78 is 21.5. The monoisotopic (exact) mass is 204 g/mol. The van der Waals surface area contributed by atoms with E-state index in [-0.39, 0.29) is 0 Å². The fourth-order valence-electron chi connectivity index (χ4n) is 1.48. The number of nitrogens with one attached hydrogen (secondary N) is 1. The van der Waals surface area contributed by atoms with Gasteiger partial charge in [-0.3, -0.25) is 0 Å². The standard InChI is InChI=1S/C8H16N2O2S/c1-7-5-3-4-6-8(7)9-10-13(2,11)12/h7,10H,3-6H2,1-2H3. The van der Waals surface area contributed by atoms with Crippen LogP contribution in [0, 0.1) is 5.92 Å². The topological polar surface area (TPSA) is 58.5 Å². The van der Waals surface area contributed by atoms with E-state index in [0.717, 1.165) is 31.2 Å². The third kappa shape index (κ3) is 3.76. The highest BCUT2D eigenvalue weighted by Crippen LogP contribution is 2.20. The normalized spacial score (nSPS) is 27.5. The summed E-state index contributed by atoms with van der Waals surface area (Å²) in [6.45, 7) is 2.09. The molecule has 1 fully saturated rings. The van der Waals surface area contributed by atoms with Crippen LogP contribution in [0.25, 0.3) is 0 Å². The van der Waals surface area contributed by atoms with Gasteiger partial charge in [0.1, 0.15) is 0 Å². The van der Waals surface area contributed by atoms with Crippen molar-refractivity contribution in [2.45, 2.75) is 32.6 Å². The zero-order valence-corrected chi connectivity index (χ0v) is 8.89. The highest BCUT2D eigenvalue weighted by Gasteiger charge is 2.16. The number of hydrazone groups is 1. The summed E-state index contributed by atoms with van der Waals surface area (Å²) in [4.78, 5) is 2.18. The summed E-state index contributed by atoms with van der Waals surface area (Å²) in [5.41, 5.74) is 0.983. The number of hydrogen-bond acceptors (Lipinski definition) is 3. The Morgan fingerprint density at radius 2 is 2.15 bits per heavy atom. The third-order valence-electron chi connectivity index (χ3n) is 2.24. The van der Waals surface area contributed by atoms with Gasteiger partial charge in [-0.05, 0) is 25.2 Å². The quantitative estimate of drug-likeness (QED) is 0.685. The molecule has 0 saturated heterocycles. The molecule has 0 aromatic carbocycles. The minimum Gasteiger partial charge on any atom is -0.206 e. The molecule has 1 aliphatic carbocycles.